The molecule has 0 aliphatic carbocycles. The first-order chi connectivity index (χ1) is 14.0. The maximum atomic E-state index is 12.5. The normalized spacial score (nSPS) is 10.5. The second-order valence-electron chi connectivity index (χ2n) is 6.42. The molecule has 0 spiro atoms. The minimum atomic E-state index is -0.153. The Bertz CT molecular complexity index is 983. The lowest BCUT2D eigenvalue weighted by molar-refractivity contribution is 0.0950. The summed E-state index contributed by atoms with van der Waals surface area (Å²) in [7, 11) is 3.18. The van der Waals surface area contributed by atoms with E-state index in [1.165, 1.54) is 16.9 Å². The molecule has 0 aliphatic rings. The van der Waals surface area contributed by atoms with Crippen molar-refractivity contribution in [1.82, 2.24) is 10.3 Å². The van der Waals surface area contributed by atoms with Crippen LogP contribution in [0.15, 0.2) is 42.5 Å². The summed E-state index contributed by atoms with van der Waals surface area (Å²) < 4.78 is 16.3. The largest absolute Gasteiger partial charge is 0.493 e. The number of amides is 1. The summed E-state index contributed by atoms with van der Waals surface area (Å²) in [5.41, 5.74) is 2.74. The third kappa shape index (κ3) is 5.06. The van der Waals surface area contributed by atoms with Crippen LogP contribution in [-0.4, -0.2) is 38.3 Å². The minimum Gasteiger partial charge on any atom is -0.493 e. The molecule has 6 nitrogen and oxygen atoms in total. The van der Waals surface area contributed by atoms with E-state index in [2.05, 4.69) is 10.3 Å². The first kappa shape index (κ1) is 20.7. The number of hydrogen-bond acceptors (Lipinski definition) is 6. The van der Waals surface area contributed by atoms with Crippen LogP contribution in [0.1, 0.15) is 20.9 Å². The van der Waals surface area contributed by atoms with Crippen molar-refractivity contribution in [3.8, 4) is 27.8 Å². The van der Waals surface area contributed by atoms with E-state index in [9.17, 15) is 4.79 Å². The van der Waals surface area contributed by atoms with Crippen LogP contribution >= 0.6 is 11.3 Å². The van der Waals surface area contributed by atoms with Gasteiger partial charge in [0.25, 0.3) is 5.91 Å². The number of benzene rings is 2. The van der Waals surface area contributed by atoms with Crippen LogP contribution < -0.4 is 19.5 Å². The van der Waals surface area contributed by atoms with Gasteiger partial charge in [-0.1, -0.05) is 17.7 Å². The maximum absolute atomic E-state index is 12.5. The van der Waals surface area contributed by atoms with Gasteiger partial charge in [0.15, 0.2) is 11.5 Å². The Kier molecular flexibility index (Phi) is 6.72. The summed E-state index contributed by atoms with van der Waals surface area (Å²) >= 11 is 1.35. The van der Waals surface area contributed by atoms with Crippen molar-refractivity contribution in [2.75, 3.05) is 27.4 Å². The Labute approximate surface area is 174 Å². The molecular formula is C22H24N2O4S. The predicted octanol–water partition coefficient (Wildman–Crippen LogP) is 4.25. The van der Waals surface area contributed by atoms with E-state index in [0.717, 1.165) is 16.3 Å². The molecule has 1 aromatic heterocycles. The van der Waals surface area contributed by atoms with Crippen LogP contribution in [0.2, 0.25) is 0 Å². The molecule has 1 N–H and O–H groups in total. The number of nitrogens with one attached hydrogen (secondary N) is 1. The quantitative estimate of drug-likeness (QED) is 0.560. The number of carbonyl (C=O) groups is 1. The zero-order chi connectivity index (χ0) is 20.8. The Morgan fingerprint density at radius 2 is 1.76 bits per heavy atom. The monoisotopic (exact) mass is 412 g/mol. The molecule has 0 atom stereocenters. The zero-order valence-corrected chi connectivity index (χ0v) is 17.8. The fourth-order valence-corrected chi connectivity index (χ4v) is 3.73. The highest BCUT2D eigenvalue weighted by Crippen LogP contribution is 2.34. The number of nitrogens with zero attached hydrogens (tertiary/aromatic N) is 1. The van der Waals surface area contributed by atoms with E-state index < -0.39 is 0 Å². The minimum absolute atomic E-state index is 0.153. The van der Waals surface area contributed by atoms with Crippen LogP contribution in [0.5, 0.6) is 17.2 Å². The second-order valence-corrected chi connectivity index (χ2v) is 7.42. The van der Waals surface area contributed by atoms with E-state index in [4.69, 9.17) is 14.2 Å². The van der Waals surface area contributed by atoms with Gasteiger partial charge >= 0.3 is 0 Å². The van der Waals surface area contributed by atoms with Crippen molar-refractivity contribution in [3.63, 3.8) is 0 Å². The molecule has 0 aliphatic heterocycles. The van der Waals surface area contributed by atoms with Gasteiger partial charge in [0.05, 0.1) is 26.5 Å². The van der Waals surface area contributed by atoms with Gasteiger partial charge in [-0.3, -0.25) is 4.79 Å². The Morgan fingerprint density at radius 1 is 1.03 bits per heavy atom. The van der Waals surface area contributed by atoms with E-state index >= 15 is 0 Å². The average molecular weight is 413 g/mol. The second kappa shape index (κ2) is 9.43. The van der Waals surface area contributed by atoms with Gasteiger partial charge in [-0.05, 0) is 44.2 Å². The first-order valence-corrected chi connectivity index (χ1v) is 10.0. The molecule has 7 heteroatoms. The molecule has 1 amide bonds. The zero-order valence-electron chi connectivity index (χ0n) is 16.9. The molecular weight excluding hydrogens is 388 g/mol. The Hall–Kier alpha value is -3.06. The molecule has 0 radical (unpaired) electrons. The summed E-state index contributed by atoms with van der Waals surface area (Å²) in [6.45, 7) is 4.67. The fourth-order valence-electron chi connectivity index (χ4n) is 2.75. The number of aromatic nitrogens is 1. The van der Waals surface area contributed by atoms with Crippen molar-refractivity contribution in [2.24, 2.45) is 0 Å². The fraction of sp³-hybridized carbons (Fsp3) is 0.273. The molecule has 0 saturated heterocycles. The molecule has 3 aromatic rings. The van der Waals surface area contributed by atoms with Crippen LogP contribution in [0.3, 0.4) is 0 Å². The van der Waals surface area contributed by atoms with Gasteiger partial charge in [0, 0.05) is 5.56 Å². The molecule has 1 heterocycles. The number of carbonyl (C=O) groups excluding carboxylic acids is 1. The van der Waals surface area contributed by atoms with E-state index in [1.807, 2.05) is 56.3 Å². The lowest BCUT2D eigenvalue weighted by atomic mass is 10.2. The van der Waals surface area contributed by atoms with Gasteiger partial charge in [0.2, 0.25) is 0 Å². The number of methoxy groups -OCH3 is 2. The number of thiazole rings is 1. The lowest BCUT2D eigenvalue weighted by Crippen LogP contribution is -2.27. The van der Waals surface area contributed by atoms with Gasteiger partial charge in [0.1, 0.15) is 22.2 Å². The number of ether oxygens (including phenoxy) is 3. The Balaban J connectivity index is 1.62. The van der Waals surface area contributed by atoms with Crippen molar-refractivity contribution in [1.29, 1.82) is 0 Å². The average Bonchev–Trinajstić information content (AvgIpc) is 3.13. The number of aryl methyl sites for hydroxylation is 2. The van der Waals surface area contributed by atoms with Gasteiger partial charge in [-0.15, -0.1) is 11.3 Å². The van der Waals surface area contributed by atoms with Crippen LogP contribution in [0, 0.1) is 13.8 Å². The maximum Gasteiger partial charge on any atom is 0.263 e. The van der Waals surface area contributed by atoms with Crippen molar-refractivity contribution < 1.29 is 19.0 Å². The van der Waals surface area contributed by atoms with Crippen LogP contribution in [-0.2, 0) is 0 Å². The molecule has 0 bridgehead atoms. The molecule has 0 unspecified atom stereocenters. The highest BCUT2D eigenvalue weighted by Gasteiger charge is 2.17. The van der Waals surface area contributed by atoms with Gasteiger partial charge in [-0.2, -0.15) is 0 Å². The van der Waals surface area contributed by atoms with Crippen molar-refractivity contribution in [3.05, 3.63) is 58.6 Å². The smallest absolute Gasteiger partial charge is 0.263 e. The predicted molar refractivity (Wildman–Crippen MR) is 114 cm³/mol. The molecule has 0 fully saturated rings. The molecule has 152 valence electrons. The molecule has 0 saturated carbocycles. The van der Waals surface area contributed by atoms with Gasteiger partial charge in [-0.25, -0.2) is 4.98 Å². The highest BCUT2D eigenvalue weighted by atomic mass is 32.1. The van der Waals surface area contributed by atoms with Crippen LogP contribution in [0.25, 0.3) is 10.6 Å². The molecule has 2 aromatic carbocycles. The van der Waals surface area contributed by atoms with E-state index in [-0.39, 0.29) is 5.91 Å². The third-order valence-corrected chi connectivity index (χ3v) is 5.52. The highest BCUT2D eigenvalue weighted by molar-refractivity contribution is 7.17. The summed E-state index contributed by atoms with van der Waals surface area (Å²) in [6.07, 6.45) is 0. The van der Waals surface area contributed by atoms with Crippen molar-refractivity contribution in [2.45, 2.75) is 13.8 Å². The SMILES string of the molecule is COc1ccc(-c2nc(C)c(C(=O)NCCOc3ccc(C)cc3)s2)cc1OC. The van der Waals surface area contributed by atoms with E-state index in [1.54, 1.807) is 14.2 Å². The summed E-state index contributed by atoms with van der Waals surface area (Å²) in [5, 5.41) is 3.64. The molecule has 29 heavy (non-hydrogen) atoms. The summed E-state index contributed by atoms with van der Waals surface area (Å²) in [4.78, 5) is 17.7. The standard InChI is InChI=1S/C22H24N2O4S/c1-14-5-8-17(9-6-14)28-12-11-23-21(25)20-15(2)24-22(29-20)16-7-10-18(26-3)19(13-16)27-4/h5-10,13H,11-12H2,1-4H3,(H,23,25). The summed E-state index contributed by atoms with van der Waals surface area (Å²) in [6, 6.07) is 13.4. The van der Waals surface area contributed by atoms with E-state index in [0.29, 0.717) is 35.2 Å². The van der Waals surface area contributed by atoms with Crippen LogP contribution in [0.4, 0.5) is 0 Å². The molecule has 3 rings (SSSR count). The number of rotatable bonds is 8. The number of hydrogen-bond donors (Lipinski definition) is 1. The Morgan fingerprint density at radius 3 is 2.45 bits per heavy atom. The lowest BCUT2D eigenvalue weighted by Gasteiger charge is -2.08. The summed E-state index contributed by atoms with van der Waals surface area (Å²) in [5.74, 6) is 1.90. The topological polar surface area (TPSA) is 69.7 Å². The van der Waals surface area contributed by atoms with Crippen molar-refractivity contribution >= 4 is 17.2 Å². The first-order valence-electron chi connectivity index (χ1n) is 9.19. The van der Waals surface area contributed by atoms with Gasteiger partial charge < -0.3 is 19.5 Å². The third-order valence-electron chi connectivity index (χ3n) is 4.31.